The molecule has 3 rings (SSSR count). The number of nitrogens with one attached hydrogen (secondary N) is 2. The number of hydrogen-bond donors (Lipinski definition) is 2. The summed E-state index contributed by atoms with van der Waals surface area (Å²) in [5.74, 6) is 0.211. The molecule has 1 atom stereocenters. The molecule has 5 nitrogen and oxygen atoms in total. The summed E-state index contributed by atoms with van der Waals surface area (Å²) in [7, 11) is 3.32. The van der Waals surface area contributed by atoms with Gasteiger partial charge in [0.2, 0.25) is 5.91 Å². The average Bonchev–Trinajstić information content (AvgIpc) is 3.41. The van der Waals surface area contributed by atoms with E-state index in [2.05, 4.69) is 28.8 Å². The van der Waals surface area contributed by atoms with Crippen molar-refractivity contribution in [2.24, 2.45) is 0 Å². The zero-order valence-electron chi connectivity index (χ0n) is 20.4. The lowest BCUT2D eigenvalue weighted by Gasteiger charge is -2.33. The van der Waals surface area contributed by atoms with E-state index in [0.717, 1.165) is 16.2 Å². The van der Waals surface area contributed by atoms with Crippen LogP contribution in [0, 0.1) is 5.82 Å². The number of aromatic amines is 1. The molecule has 0 saturated heterocycles. The third-order valence-electron chi connectivity index (χ3n) is 5.18. The highest BCUT2D eigenvalue weighted by Gasteiger charge is 2.40. The molecule has 8 heteroatoms. The predicted molar refractivity (Wildman–Crippen MR) is 148 cm³/mol. The smallest absolute Gasteiger partial charge is 0.228 e. The number of H-pyrrole nitrogens is 1. The Morgan fingerprint density at radius 1 is 1.25 bits per heavy atom. The molecule has 0 fully saturated rings. The van der Waals surface area contributed by atoms with Gasteiger partial charge in [-0.2, -0.15) is 0 Å². The average molecular weight is 524 g/mol. The fourth-order valence-corrected chi connectivity index (χ4v) is 5.32. The fraction of sp³-hybridized carbons (Fsp3) is 0.214. The quantitative estimate of drug-likeness (QED) is 0.189. The highest BCUT2D eigenvalue weighted by atomic mass is 33.1. The highest BCUT2D eigenvalue weighted by molar-refractivity contribution is 8.78. The lowest BCUT2D eigenvalue weighted by molar-refractivity contribution is -0.128. The van der Waals surface area contributed by atoms with Gasteiger partial charge in [0.15, 0.2) is 0 Å². The molecule has 0 spiro atoms. The second-order valence-corrected chi connectivity index (χ2v) is 10.5. The van der Waals surface area contributed by atoms with Gasteiger partial charge in [-0.3, -0.25) is 4.79 Å². The maximum absolute atomic E-state index is 14.4. The van der Waals surface area contributed by atoms with Crippen LogP contribution in [0.4, 0.5) is 4.39 Å². The van der Waals surface area contributed by atoms with Crippen LogP contribution in [0.3, 0.4) is 0 Å². The van der Waals surface area contributed by atoms with E-state index in [4.69, 9.17) is 4.74 Å². The van der Waals surface area contributed by atoms with E-state index in [0.29, 0.717) is 17.0 Å². The maximum atomic E-state index is 14.4. The van der Waals surface area contributed by atoms with Crippen LogP contribution < -0.4 is 5.32 Å². The molecule has 1 heterocycles. The standard InChI is InChI=1S/C28H30FN3O2S2/c1-4-10-25(36-35-5-2)15-21(3)32-27(33)17-28(26-18-30-20-31-26,23-13-9-14-24(29)16-23)34-19-22-11-7-6-8-12-22/h4,6-16,18,20H,3,5,17,19H2,1-2H3,(H,30,31)(H,32,33)/b10-4-,25-15+. The summed E-state index contributed by atoms with van der Waals surface area (Å²) >= 11 is 0. The Hall–Kier alpha value is -3.07. The van der Waals surface area contributed by atoms with Crippen molar-refractivity contribution in [3.63, 3.8) is 0 Å². The number of ether oxygens (including phenoxy) is 1. The predicted octanol–water partition coefficient (Wildman–Crippen LogP) is 6.89. The minimum Gasteiger partial charge on any atom is -0.359 e. The van der Waals surface area contributed by atoms with Crippen molar-refractivity contribution >= 4 is 27.5 Å². The number of aromatic nitrogens is 2. The number of amides is 1. The first-order chi connectivity index (χ1) is 17.5. The number of carbonyl (C=O) groups excluding carboxylic acids is 1. The molecule has 1 amide bonds. The molecule has 0 aliphatic carbocycles. The van der Waals surface area contributed by atoms with Crippen molar-refractivity contribution in [1.29, 1.82) is 0 Å². The first kappa shape index (κ1) is 27.5. The lowest BCUT2D eigenvalue weighted by atomic mass is 9.86. The lowest BCUT2D eigenvalue weighted by Crippen LogP contribution is -2.38. The first-order valence-electron chi connectivity index (χ1n) is 11.5. The SMILES string of the molecule is C=C(/C=C(\C=C/C)SSCC)NC(=O)CC(OCc1ccccc1)(c1cccc(F)c1)c1cnc[nH]1. The van der Waals surface area contributed by atoms with Crippen LogP contribution in [-0.2, 0) is 21.7 Å². The van der Waals surface area contributed by atoms with Gasteiger partial charge >= 0.3 is 0 Å². The van der Waals surface area contributed by atoms with Gasteiger partial charge in [0, 0.05) is 16.4 Å². The highest BCUT2D eigenvalue weighted by Crippen LogP contribution is 2.37. The Balaban J connectivity index is 1.92. The summed E-state index contributed by atoms with van der Waals surface area (Å²) in [6, 6.07) is 15.7. The van der Waals surface area contributed by atoms with Crippen molar-refractivity contribution in [2.45, 2.75) is 32.5 Å². The van der Waals surface area contributed by atoms with E-state index in [1.165, 1.54) is 18.5 Å². The van der Waals surface area contributed by atoms with Gasteiger partial charge in [-0.05, 0) is 36.3 Å². The van der Waals surface area contributed by atoms with Crippen LogP contribution in [0.1, 0.15) is 37.1 Å². The summed E-state index contributed by atoms with van der Waals surface area (Å²) < 4.78 is 20.8. The third-order valence-corrected chi connectivity index (χ3v) is 7.62. The number of nitrogens with zero attached hydrogens (tertiary/aromatic N) is 1. The number of halogens is 1. The molecule has 1 unspecified atom stereocenters. The topological polar surface area (TPSA) is 67.0 Å². The Labute approximate surface area is 219 Å². The van der Waals surface area contributed by atoms with Crippen LogP contribution in [0.5, 0.6) is 0 Å². The van der Waals surface area contributed by atoms with E-state index in [-0.39, 0.29) is 18.9 Å². The van der Waals surface area contributed by atoms with Gasteiger partial charge in [-0.1, -0.05) is 89.7 Å². The maximum Gasteiger partial charge on any atom is 0.228 e. The van der Waals surface area contributed by atoms with Crippen LogP contribution >= 0.6 is 21.6 Å². The molecule has 0 saturated carbocycles. The van der Waals surface area contributed by atoms with Gasteiger partial charge < -0.3 is 15.0 Å². The summed E-state index contributed by atoms with van der Waals surface area (Å²) in [6.07, 6.45) is 8.73. The summed E-state index contributed by atoms with van der Waals surface area (Å²) in [5, 5.41) is 2.87. The Morgan fingerprint density at radius 3 is 2.72 bits per heavy atom. The van der Waals surface area contributed by atoms with Crippen LogP contribution in [0.15, 0.2) is 103 Å². The molecule has 188 valence electrons. The largest absolute Gasteiger partial charge is 0.359 e. The third kappa shape index (κ3) is 7.71. The van der Waals surface area contributed by atoms with Crippen molar-refractivity contribution < 1.29 is 13.9 Å². The monoisotopic (exact) mass is 523 g/mol. The van der Waals surface area contributed by atoms with Crippen molar-refractivity contribution in [3.05, 3.63) is 125 Å². The molecule has 2 aromatic carbocycles. The van der Waals surface area contributed by atoms with Crippen LogP contribution in [0.2, 0.25) is 0 Å². The Morgan fingerprint density at radius 2 is 2.06 bits per heavy atom. The van der Waals surface area contributed by atoms with Gasteiger partial charge in [-0.15, -0.1) is 0 Å². The van der Waals surface area contributed by atoms with Crippen LogP contribution in [0.25, 0.3) is 0 Å². The van der Waals surface area contributed by atoms with E-state index in [1.54, 1.807) is 39.9 Å². The van der Waals surface area contributed by atoms with Crippen molar-refractivity contribution in [3.8, 4) is 0 Å². The number of benzene rings is 2. The molecule has 0 radical (unpaired) electrons. The number of imidazole rings is 1. The van der Waals surface area contributed by atoms with Crippen molar-refractivity contribution in [2.75, 3.05) is 5.75 Å². The molecule has 0 bridgehead atoms. The van der Waals surface area contributed by atoms with Gasteiger partial charge in [-0.25, -0.2) is 9.37 Å². The number of allylic oxidation sites excluding steroid dienone is 3. The van der Waals surface area contributed by atoms with Gasteiger partial charge in [0.05, 0.1) is 31.2 Å². The van der Waals surface area contributed by atoms with Crippen molar-refractivity contribution in [1.82, 2.24) is 15.3 Å². The second kappa shape index (κ2) is 13.9. The minimum absolute atomic E-state index is 0.117. The molecule has 36 heavy (non-hydrogen) atoms. The summed E-state index contributed by atoms with van der Waals surface area (Å²) in [6.45, 7) is 8.24. The number of carbonyl (C=O) groups is 1. The molecule has 0 aliphatic rings. The van der Waals surface area contributed by atoms with Crippen LogP contribution in [-0.4, -0.2) is 21.6 Å². The molecule has 3 aromatic rings. The zero-order valence-corrected chi connectivity index (χ0v) is 22.0. The fourth-order valence-electron chi connectivity index (χ4n) is 3.61. The molecule has 1 aromatic heterocycles. The summed E-state index contributed by atoms with van der Waals surface area (Å²) in [4.78, 5) is 21.5. The van der Waals surface area contributed by atoms with E-state index in [9.17, 15) is 9.18 Å². The molecular formula is C28H30FN3O2S2. The van der Waals surface area contributed by atoms with Gasteiger partial charge in [0.25, 0.3) is 0 Å². The van der Waals surface area contributed by atoms with E-state index < -0.39 is 11.4 Å². The second-order valence-electron chi connectivity index (χ2n) is 7.86. The Kier molecular flexibility index (Phi) is 10.6. The minimum atomic E-state index is -1.30. The molecular weight excluding hydrogens is 493 g/mol. The molecule has 0 aliphatic heterocycles. The Bertz CT molecular complexity index is 1200. The van der Waals surface area contributed by atoms with Gasteiger partial charge in [0.1, 0.15) is 11.4 Å². The zero-order chi connectivity index (χ0) is 25.8. The normalized spacial score (nSPS) is 13.5. The molecule has 2 N–H and O–H groups in total. The summed E-state index contributed by atoms with van der Waals surface area (Å²) in [5.41, 5.74) is 1.13. The number of hydrogen-bond acceptors (Lipinski definition) is 5. The number of rotatable bonds is 13. The van der Waals surface area contributed by atoms with E-state index in [1.807, 2.05) is 55.5 Å². The van der Waals surface area contributed by atoms with E-state index >= 15 is 0 Å². The first-order valence-corrected chi connectivity index (χ1v) is 13.8.